The molecule has 3 aromatic heterocycles. The lowest BCUT2D eigenvalue weighted by Gasteiger charge is -2.32. The van der Waals surface area contributed by atoms with E-state index in [2.05, 4.69) is 39.3 Å². The zero-order valence-electron chi connectivity index (χ0n) is 18.4. The number of hydrogen-bond acceptors (Lipinski definition) is 9. The van der Waals surface area contributed by atoms with Crippen molar-refractivity contribution in [2.45, 2.75) is 33.2 Å². The van der Waals surface area contributed by atoms with Gasteiger partial charge in [0.2, 0.25) is 0 Å². The molecule has 1 aliphatic heterocycles. The number of amides is 3. The van der Waals surface area contributed by atoms with Crippen molar-refractivity contribution in [3.63, 3.8) is 0 Å². The number of nitrogens with one attached hydrogen (secondary N) is 2. The maximum atomic E-state index is 12.4. The Morgan fingerprint density at radius 2 is 2.00 bits per heavy atom. The highest BCUT2D eigenvalue weighted by Gasteiger charge is 2.28. The van der Waals surface area contributed by atoms with Gasteiger partial charge in [0, 0.05) is 22.8 Å². The number of rotatable bonds is 6. The second-order valence-electron chi connectivity index (χ2n) is 7.84. The van der Waals surface area contributed by atoms with Gasteiger partial charge in [0.25, 0.3) is 5.91 Å². The normalized spacial score (nSPS) is 14.3. The monoisotopic (exact) mass is 487 g/mol. The highest BCUT2D eigenvalue weighted by atomic mass is 32.1. The number of carbonyl (C=O) groups excluding carboxylic acids is 3. The standard InChI is InChI=1S/C22H25N5O4S2/c1-13-14(2)33-20-18(13)19(24-12-25-20)27-7-5-15(6-8-27)21(29)31-11-17(28)26-22(30)23-10-16-4-3-9-32-16/h3-4,9,12,15H,5-8,10-11H2,1-2H3,(H2,23,26,28,30). The van der Waals surface area contributed by atoms with E-state index in [0.29, 0.717) is 32.5 Å². The Balaban J connectivity index is 1.23. The molecule has 174 valence electrons. The number of aromatic nitrogens is 2. The third-order valence-electron chi connectivity index (χ3n) is 5.67. The maximum Gasteiger partial charge on any atom is 0.321 e. The third-order valence-corrected chi connectivity index (χ3v) is 7.67. The lowest BCUT2D eigenvalue weighted by Crippen LogP contribution is -2.42. The molecular formula is C22H25N5O4S2. The van der Waals surface area contributed by atoms with Crippen LogP contribution >= 0.6 is 22.7 Å². The second-order valence-corrected chi connectivity index (χ2v) is 10.1. The number of esters is 1. The van der Waals surface area contributed by atoms with Gasteiger partial charge in [-0.2, -0.15) is 0 Å². The molecule has 0 aromatic carbocycles. The summed E-state index contributed by atoms with van der Waals surface area (Å²) >= 11 is 3.17. The van der Waals surface area contributed by atoms with Crippen LogP contribution in [-0.2, 0) is 20.9 Å². The SMILES string of the molecule is Cc1sc2ncnc(N3CCC(C(=O)OCC(=O)NC(=O)NCc4cccs4)CC3)c2c1C. The lowest BCUT2D eigenvalue weighted by atomic mass is 9.97. The first-order valence-corrected chi connectivity index (χ1v) is 12.3. The minimum absolute atomic E-state index is 0.288. The van der Waals surface area contributed by atoms with Gasteiger partial charge in [-0.1, -0.05) is 6.07 Å². The van der Waals surface area contributed by atoms with Crippen LogP contribution in [0.4, 0.5) is 10.6 Å². The van der Waals surface area contributed by atoms with Gasteiger partial charge in [0.1, 0.15) is 17.0 Å². The highest BCUT2D eigenvalue weighted by Crippen LogP contribution is 2.35. The summed E-state index contributed by atoms with van der Waals surface area (Å²) in [5, 5.41) is 7.74. The van der Waals surface area contributed by atoms with Crippen LogP contribution in [0.25, 0.3) is 10.2 Å². The number of nitrogens with zero attached hydrogens (tertiary/aromatic N) is 3. The fraction of sp³-hybridized carbons (Fsp3) is 0.409. The van der Waals surface area contributed by atoms with Crippen LogP contribution in [0.3, 0.4) is 0 Å². The number of hydrogen-bond donors (Lipinski definition) is 2. The van der Waals surface area contributed by atoms with Gasteiger partial charge in [0.15, 0.2) is 6.61 Å². The first-order chi connectivity index (χ1) is 15.9. The Labute approximate surface area is 199 Å². The van der Waals surface area contributed by atoms with E-state index in [1.54, 1.807) is 17.7 Å². The quantitative estimate of drug-likeness (QED) is 0.514. The van der Waals surface area contributed by atoms with Gasteiger partial charge in [-0.05, 0) is 43.7 Å². The molecule has 4 heterocycles. The van der Waals surface area contributed by atoms with E-state index in [1.807, 2.05) is 17.5 Å². The van der Waals surface area contributed by atoms with Crippen molar-refractivity contribution >= 4 is 56.6 Å². The number of piperidine rings is 1. The molecule has 3 amide bonds. The smallest absolute Gasteiger partial charge is 0.321 e. The van der Waals surface area contributed by atoms with E-state index >= 15 is 0 Å². The number of anilines is 1. The van der Waals surface area contributed by atoms with Crippen LogP contribution in [0.1, 0.15) is 28.2 Å². The molecule has 33 heavy (non-hydrogen) atoms. The lowest BCUT2D eigenvalue weighted by molar-refractivity contribution is -0.153. The summed E-state index contributed by atoms with van der Waals surface area (Å²) in [6.07, 6.45) is 2.80. The van der Waals surface area contributed by atoms with Crippen molar-refractivity contribution in [3.05, 3.63) is 39.2 Å². The first kappa shape index (κ1) is 23.1. The number of ether oxygens (including phenoxy) is 1. The zero-order valence-corrected chi connectivity index (χ0v) is 20.1. The third kappa shape index (κ3) is 5.48. The van der Waals surface area contributed by atoms with E-state index in [9.17, 15) is 14.4 Å². The Morgan fingerprint density at radius 3 is 2.73 bits per heavy atom. The Hall–Kier alpha value is -3.05. The summed E-state index contributed by atoms with van der Waals surface area (Å²) in [5.41, 5.74) is 1.19. The van der Waals surface area contributed by atoms with E-state index in [4.69, 9.17) is 4.74 Å². The largest absolute Gasteiger partial charge is 0.455 e. The molecule has 0 aliphatic carbocycles. The average Bonchev–Trinajstić information content (AvgIpc) is 3.44. The van der Waals surface area contributed by atoms with Gasteiger partial charge in [-0.15, -0.1) is 22.7 Å². The van der Waals surface area contributed by atoms with Crippen molar-refractivity contribution in [1.82, 2.24) is 20.6 Å². The molecule has 2 N–H and O–H groups in total. The van der Waals surface area contributed by atoms with E-state index in [-0.39, 0.29) is 5.92 Å². The molecule has 0 spiro atoms. The molecule has 0 unspecified atom stereocenters. The van der Waals surface area contributed by atoms with Crippen LogP contribution in [0.15, 0.2) is 23.8 Å². The Bertz CT molecular complexity index is 1150. The fourth-order valence-electron chi connectivity index (χ4n) is 3.77. The average molecular weight is 488 g/mol. The number of carbonyl (C=O) groups is 3. The van der Waals surface area contributed by atoms with Gasteiger partial charge in [-0.3, -0.25) is 14.9 Å². The Kier molecular flexibility index (Phi) is 7.19. The maximum absolute atomic E-state index is 12.4. The van der Waals surface area contributed by atoms with Crippen molar-refractivity contribution in [2.24, 2.45) is 5.92 Å². The summed E-state index contributed by atoms with van der Waals surface area (Å²) in [6, 6.07) is 3.15. The van der Waals surface area contributed by atoms with Crippen LogP contribution in [0.2, 0.25) is 0 Å². The second kappa shape index (κ2) is 10.3. The molecule has 1 aliphatic rings. The molecule has 3 aromatic rings. The number of fused-ring (bicyclic) bond motifs is 1. The van der Waals surface area contributed by atoms with Crippen molar-refractivity contribution in [3.8, 4) is 0 Å². The Morgan fingerprint density at radius 1 is 1.21 bits per heavy atom. The molecule has 0 radical (unpaired) electrons. The summed E-state index contributed by atoms with van der Waals surface area (Å²) in [7, 11) is 0. The van der Waals surface area contributed by atoms with Gasteiger partial charge >= 0.3 is 12.0 Å². The van der Waals surface area contributed by atoms with Crippen LogP contribution in [-0.4, -0.2) is 47.6 Å². The van der Waals surface area contributed by atoms with Crippen LogP contribution in [0.5, 0.6) is 0 Å². The number of aryl methyl sites for hydroxylation is 2. The minimum Gasteiger partial charge on any atom is -0.455 e. The van der Waals surface area contributed by atoms with Crippen molar-refractivity contribution in [1.29, 1.82) is 0 Å². The summed E-state index contributed by atoms with van der Waals surface area (Å²) in [5.74, 6) is -0.457. The molecule has 11 heteroatoms. The molecule has 0 bridgehead atoms. The number of thiophene rings is 2. The molecule has 1 saturated heterocycles. The predicted octanol–water partition coefficient (Wildman–Crippen LogP) is 3.16. The number of imide groups is 1. The molecule has 4 rings (SSSR count). The van der Waals surface area contributed by atoms with Gasteiger partial charge in [-0.25, -0.2) is 14.8 Å². The number of urea groups is 1. The highest BCUT2D eigenvalue weighted by molar-refractivity contribution is 7.18. The molecule has 1 fully saturated rings. The summed E-state index contributed by atoms with van der Waals surface area (Å²) in [4.78, 5) is 50.4. The van der Waals surface area contributed by atoms with E-state index in [0.717, 1.165) is 20.9 Å². The van der Waals surface area contributed by atoms with Crippen LogP contribution < -0.4 is 15.5 Å². The van der Waals surface area contributed by atoms with E-state index in [1.165, 1.54) is 21.8 Å². The molecule has 9 nitrogen and oxygen atoms in total. The topological polar surface area (TPSA) is 114 Å². The molecule has 0 saturated carbocycles. The minimum atomic E-state index is -0.656. The van der Waals surface area contributed by atoms with Crippen molar-refractivity contribution < 1.29 is 19.1 Å². The summed E-state index contributed by atoms with van der Waals surface area (Å²) in [6.45, 7) is 5.34. The molecule has 0 atom stereocenters. The zero-order chi connectivity index (χ0) is 23.4. The van der Waals surface area contributed by atoms with Crippen molar-refractivity contribution in [2.75, 3.05) is 24.6 Å². The first-order valence-electron chi connectivity index (χ1n) is 10.6. The van der Waals surface area contributed by atoms with E-state index < -0.39 is 24.5 Å². The van der Waals surface area contributed by atoms with Gasteiger partial charge in [0.05, 0.1) is 17.8 Å². The van der Waals surface area contributed by atoms with Gasteiger partial charge < -0.3 is 15.0 Å². The predicted molar refractivity (Wildman–Crippen MR) is 127 cm³/mol. The summed E-state index contributed by atoms with van der Waals surface area (Å²) < 4.78 is 5.16. The fourth-order valence-corrected chi connectivity index (χ4v) is 5.41. The molecular weight excluding hydrogens is 462 g/mol. The van der Waals surface area contributed by atoms with Crippen LogP contribution in [0, 0.1) is 19.8 Å².